The summed E-state index contributed by atoms with van der Waals surface area (Å²) in [7, 11) is 0. The number of likely N-dealkylation sites (tertiary alicyclic amines) is 1. The molecular weight excluding hydrogens is 334 g/mol. The molecular formula is C19H23N3O2S. The van der Waals surface area contributed by atoms with Crippen LogP contribution in [0.1, 0.15) is 46.5 Å². The fourth-order valence-electron chi connectivity index (χ4n) is 3.98. The number of nitrogens with two attached hydrogens (primary N) is 1. The third-order valence-corrected chi connectivity index (χ3v) is 6.62. The van der Waals surface area contributed by atoms with Gasteiger partial charge in [0.15, 0.2) is 0 Å². The number of aromatic nitrogens is 1. The zero-order valence-electron chi connectivity index (χ0n) is 14.2. The number of hydrogen-bond donors (Lipinski definition) is 1. The van der Waals surface area contributed by atoms with Crippen molar-refractivity contribution in [3.05, 3.63) is 40.5 Å². The van der Waals surface area contributed by atoms with Crippen molar-refractivity contribution in [1.82, 2.24) is 9.47 Å². The lowest BCUT2D eigenvalue weighted by molar-refractivity contribution is -0.123. The second-order valence-corrected chi connectivity index (χ2v) is 8.06. The van der Waals surface area contributed by atoms with E-state index in [4.69, 9.17) is 5.73 Å². The Balaban J connectivity index is 1.72. The van der Waals surface area contributed by atoms with Crippen molar-refractivity contribution < 1.29 is 9.59 Å². The normalized spacial score (nSPS) is 20.3. The summed E-state index contributed by atoms with van der Waals surface area (Å²) in [6, 6.07) is 3.97. The molecule has 1 aliphatic carbocycles. The van der Waals surface area contributed by atoms with Crippen molar-refractivity contribution in [1.29, 1.82) is 0 Å². The number of amides is 2. The van der Waals surface area contributed by atoms with Crippen LogP contribution in [-0.2, 0) is 17.6 Å². The molecule has 1 saturated heterocycles. The van der Waals surface area contributed by atoms with E-state index in [0.717, 1.165) is 42.7 Å². The van der Waals surface area contributed by atoms with Crippen LogP contribution in [-0.4, -0.2) is 34.4 Å². The first-order valence-electron chi connectivity index (χ1n) is 9.01. The van der Waals surface area contributed by atoms with Crippen molar-refractivity contribution in [2.24, 2.45) is 11.7 Å². The highest BCUT2D eigenvalue weighted by molar-refractivity contribution is 7.15. The average molecular weight is 357 g/mol. The fraction of sp³-hybridized carbons (Fsp3) is 0.474. The van der Waals surface area contributed by atoms with Crippen molar-refractivity contribution in [3.8, 4) is 5.00 Å². The summed E-state index contributed by atoms with van der Waals surface area (Å²) in [5.41, 5.74) is 7.56. The molecule has 2 aliphatic rings. The number of carbonyl (C=O) groups excluding carboxylic acids is 2. The molecule has 1 fully saturated rings. The maximum atomic E-state index is 13.4. The minimum absolute atomic E-state index is 0.0639. The van der Waals surface area contributed by atoms with Gasteiger partial charge < -0.3 is 15.2 Å². The molecule has 0 spiro atoms. The van der Waals surface area contributed by atoms with E-state index in [1.165, 1.54) is 16.9 Å². The van der Waals surface area contributed by atoms with Gasteiger partial charge in [0, 0.05) is 30.4 Å². The van der Waals surface area contributed by atoms with Gasteiger partial charge >= 0.3 is 0 Å². The predicted molar refractivity (Wildman–Crippen MR) is 98.1 cm³/mol. The molecule has 132 valence electrons. The van der Waals surface area contributed by atoms with Crippen LogP contribution in [0.2, 0.25) is 0 Å². The zero-order chi connectivity index (χ0) is 17.4. The summed E-state index contributed by atoms with van der Waals surface area (Å²) in [6.45, 7) is 1.16. The molecule has 2 amide bonds. The quantitative estimate of drug-likeness (QED) is 0.918. The Morgan fingerprint density at radius 2 is 1.88 bits per heavy atom. The number of primary amides is 1. The fourth-order valence-corrected chi connectivity index (χ4v) is 5.32. The second-order valence-electron chi connectivity index (χ2n) is 6.97. The highest BCUT2D eigenvalue weighted by Gasteiger charge is 2.32. The third kappa shape index (κ3) is 2.99. The summed E-state index contributed by atoms with van der Waals surface area (Å²) in [6.07, 6.45) is 9.98. The van der Waals surface area contributed by atoms with Crippen molar-refractivity contribution in [2.45, 2.75) is 38.5 Å². The summed E-state index contributed by atoms with van der Waals surface area (Å²) in [4.78, 5) is 28.1. The van der Waals surface area contributed by atoms with Crippen LogP contribution >= 0.6 is 11.3 Å². The standard InChI is InChI=1S/C19H23N3O2S/c20-17(23)13-6-5-11-22(12-13)18(24)16-14-7-1-2-8-15(14)25-19(16)21-9-3-4-10-21/h3-4,9-10,13H,1-2,5-8,11-12H2,(H2,20,23). The van der Waals surface area contributed by atoms with Gasteiger partial charge in [0.25, 0.3) is 5.91 Å². The Labute approximate surface area is 151 Å². The van der Waals surface area contributed by atoms with E-state index in [-0.39, 0.29) is 17.7 Å². The molecule has 25 heavy (non-hydrogen) atoms. The van der Waals surface area contributed by atoms with Gasteiger partial charge in [0.1, 0.15) is 5.00 Å². The number of hydrogen-bond acceptors (Lipinski definition) is 3. The number of aryl methyl sites for hydroxylation is 1. The molecule has 0 radical (unpaired) electrons. The van der Waals surface area contributed by atoms with Crippen LogP contribution in [0.15, 0.2) is 24.5 Å². The Morgan fingerprint density at radius 3 is 2.64 bits per heavy atom. The molecule has 3 heterocycles. The molecule has 1 unspecified atom stereocenters. The van der Waals surface area contributed by atoms with Gasteiger partial charge in [0.05, 0.1) is 11.5 Å². The van der Waals surface area contributed by atoms with E-state index < -0.39 is 0 Å². The van der Waals surface area contributed by atoms with Gasteiger partial charge in [0.2, 0.25) is 5.91 Å². The average Bonchev–Trinajstić information content (AvgIpc) is 3.28. The number of rotatable bonds is 3. The summed E-state index contributed by atoms with van der Waals surface area (Å²) >= 11 is 1.74. The molecule has 1 atom stereocenters. The van der Waals surface area contributed by atoms with E-state index in [2.05, 4.69) is 0 Å². The number of thiophene rings is 1. The predicted octanol–water partition coefficient (Wildman–Crippen LogP) is 2.76. The van der Waals surface area contributed by atoms with E-state index >= 15 is 0 Å². The molecule has 2 aromatic heterocycles. The summed E-state index contributed by atoms with van der Waals surface area (Å²) < 4.78 is 2.05. The highest BCUT2D eigenvalue weighted by atomic mass is 32.1. The maximum Gasteiger partial charge on any atom is 0.257 e. The van der Waals surface area contributed by atoms with Crippen molar-refractivity contribution in [2.75, 3.05) is 13.1 Å². The Morgan fingerprint density at radius 1 is 1.12 bits per heavy atom. The van der Waals surface area contributed by atoms with Gasteiger partial charge in [-0.2, -0.15) is 0 Å². The SMILES string of the molecule is NC(=O)C1CCCN(C(=O)c2c(-n3cccc3)sc3c2CCCC3)C1. The lowest BCUT2D eigenvalue weighted by Gasteiger charge is -2.31. The minimum Gasteiger partial charge on any atom is -0.369 e. The van der Waals surface area contributed by atoms with Gasteiger partial charge in [-0.25, -0.2) is 0 Å². The molecule has 0 saturated carbocycles. The Bertz CT molecular complexity index is 794. The summed E-state index contributed by atoms with van der Waals surface area (Å²) in [5.74, 6) is -0.452. The first kappa shape index (κ1) is 16.4. The van der Waals surface area contributed by atoms with Crippen molar-refractivity contribution in [3.63, 3.8) is 0 Å². The first-order chi connectivity index (χ1) is 12.1. The zero-order valence-corrected chi connectivity index (χ0v) is 15.1. The maximum absolute atomic E-state index is 13.4. The number of nitrogens with zero attached hydrogens (tertiary/aromatic N) is 2. The van der Waals surface area contributed by atoms with Gasteiger partial charge in [-0.1, -0.05) is 0 Å². The molecule has 1 aliphatic heterocycles. The van der Waals surface area contributed by atoms with Crippen LogP contribution in [0, 0.1) is 5.92 Å². The molecule has 4 rings (SSSR count). The van der Waals surface area contributed by atoms with Crippen LogP contribution in [0.5, 0.6) is 0 Å². The van der Waals surface area contributed by atoms with E-state index in [0.29, 0.717) is 13.1 Å². The van der Waals surface area contributed by atoms with Gasteiger partial charge in [-0.15, -0.1) is 11.3 Å². The molecule has 2 N–H and O–H groups in total. The first-order valence-corrected chi connectivity index (χ1v) is 9.83. The molecule has 0 bridgehead atoms. The molecule has 2 aromatic rings. The number of carbonyl (C=O) groups is 2. The molecule has 6 heteroatoms. The van der Waals surface area contributed by atoms with E-state index in [1.54, 1.807) is 11.3 Å². The Hall–Kier alpha value is -2.08. The van der Waals surface area contributed by atoms with Crippen LogP contribution in [0.4, 0.5) is 0 Å². The molecule has 0 aromatic carbocycles. The topological polar surface area (TPSA) is 68.3 Å². The summed E-state index contributed by atoms with van der Waals surface area (Å²) in [5, 5.41) is 1.02. The molecule has 5 nitrogen and oxygen atoms in total. The second kappa shape index (κ2) is 6.67. The smallest absolute Gasteiger partial charge is 0.257 e. The van der Waals surface area contributed by atoms with Gasteiger partial charge in [-0.05, 0) is 56.2 Å². The lowest BCUT2D eigenvalue weighted by atomic mass is 9.93. The lowest BCUT2D eigenvalue weighted by Crippen LogP contribution is -2.44. The van der Waals surface area contributed by atoms with Crippen LogP contribution in [0.25, 0.3) is 5.00 Å². The van der Waals surface area contributed by atoms with Crippen LogP contribution < -0.4 is 5.73 Å². The Kier molecular flexibility index (Phi) is 4.37. The monoisotopic (exact) mass is 357 g/mol. The number of fused-ring (bicyclic) bond motifs is 1. The largest absolute Gasteiger partial charge is 0.369 e. The van der Waals surface area contributed by atoms with E-state index in [9.17, 15) is 9.59 Å². The highest BCUT2D eigenvalue weighted by Crippen LogP contribution is 2.38. The number of piperidine rings is 1. The minimum atomic E-state index is -0.296. The van der Waals surface area contributed by atoms with Crippen LogP contribution in [0.3, 0.4) is 0 Å². The van der Waals surface area contributed by atoms with E-state index in [1.807, 2.05) is 34.0 Å². The third-order valence-electron chi connectivity index (χ3n) is 5.32. The van der Waals surface area contributed by atoms with Gasteiger partial charge in [-0.3, -0.25) is 9.59 Å². The van der Waals surface area contributed by atoms with Crippen molar-refractivity contribution >= 4 is 23.2 Å².